The zero-order chi connectivity index (χ0) is 16.2. The fraction of sp³-hybridized carbons (Fsp3) is 0.316. The largest absolute Gasteiger partial charge is 0.331 e. The lowest BCUT2D eigenvalue weighted by Crippen LogP contribution is -2.39. The number of likely N-dealkylation sites (tertiary alicyclic amines) is 1. The first-order valence-electron chi connectivity index (χ1n) is 7.97. The van der Waals surface area contributed by atoms with Crippen LogP contribution in [0.15, 0.2) is 47.5 Å². The predicted octanol–water partition coefficient (Wildman–Crippen LogP) is 2.99. The smallest absolute Gasteiger partial charge is 0.267 e. The van der Waals surface area contributed by atoms with Crippen LogP contribution < -0.4 is 0 Å². The van der Waals surface area contributed by atoms with Gasteiger partial charge in [-0.05, 0) is 42.3 Å². The Morgan fingerprint density at radius 3 is 2.78 bits per heavy atom. The maximum atomic E-state index is 12.5. The molecular weight excluding hydrogens is 288 g/mol. The molecule has 1 aliphatic rings. The molecule has 23 heavy (non-hydrogen) atoms. The highest BCUT2D eigenvalue weighted by molar-refractivity contribution is 5.91. The molecule has 4 nitrogen and oxygen atoms in total. The molecule has 2 amide bonds. The number of hydrogen-bond donors (Lipinski definition) is 0. The molecule has 0 N–H and O–H groups in total. The molecular formula is C19H20N2O2. The number of aliphatic imine (C=N–C) groups is 1. The van der Waals surface area contributed by atoms with E-state index in [9.17, 15) is 9.59 Å². The molecule has 0 bridgehead atoms. The van der Waals surface area contributed by atoms with Crippen LogP contribution in [0, 0.1) is 0 Å². The van der Waals surface area contributed by atoms with Crippen molar-refractivity contribution in [2.75, 3.05) is 6.54 Å². The molecule has 1 saturated heterocycles. The third-order valence-corrected chi connectivity index (χ3v) is 4.50. The van der Waals surface area contributed by atoms with E-state index in [1.165, 1.54) is 16.3 Å². The van der Waals surface area contributed by atoms with Crippen molar-refractivity contribution in [2.24, 2.45) is 4.99 Å². The highest BCUT2D eigenvalue weighted by Crippen LogP contribution is 2.22. The summed E-state index contributed by atoms with van der Waals surface area (Å²) in [6.07, 6.45) is 2.64. The maximum Gasteiger partial charge on any atom is 0.267 e. The van der Waals surface area contributed by atoms with E-state index in [0.717, 1.165) is 6.42 Å². The summed E-state index contributed by atoms with van der Waals surface area (Å²) >= 11 is 0. The van der Waals surface area contributed by atoms with Gasteiger partial charge in [-0.25, -0.2) is 4.99 Å². The van der Waals surface area contributed by atoms with Crippen molar-refractivity contribution in [1.29, 1.82) is 0 Å². The number of carbonyl (C=O) groups excluding carboxylic acids is 2. The Bertz CT molecular complexity index is 749. The van der Waals surface area contributed by atoms with Gasteiger partial charge in [0.25, 0.3) is 5.91 Å². The molecule has 1 aliphatic heterocycles. The highest BCUT2D eigenvalue weighted by atomic mass is 16.2. The molecule has 0 radical (unpaired) electrons. The van der Waals surface area contributed by atoms with Crippen molar-refractivity contribution in [1.82, 2.24) is 4.90 Å². The Kier molecular flexibility index (Phi) is 4.51. The fourth-order valence-electron chi connectivity index (χ4n) is 3.32. The van der Waals surface area contributed by atoms with Crippen LogP contribution in [0.3, 0.4) is 0 Å². The van der Waals surface area contributed by atoms with Crippen LogP contribution in [-0.4, -0.2) is 36.0 Å². The molecule has 0 aromatic heterocycles. The van der Waals surface area contributed by atoms with E-state index in [2.05, 4.69) is 36.0 Å². The van der Waals surface area contributed by atoms with Crippen LogP contribution in [0.1, 0.15) is 24.8 Å². The van der Waals surface area contributed by atoms with Gasteiger partial charge in [-0.2, -0.15) is 0 Å². The van der Waals surface area contributed by atoms with Crippen LogP contribution in [-0.2, 0) is 16.0 Å². The summed E-state index contributed by atoms with van der Waals surface area (Å²) in [5, 5.41) is 2.37. The van der Waals surface area contributed by atoms with Gasteiger partial charge in [-0.3, -0.25) is 9.59 Å². The Labute approximate surface area is 135 Å². The van der Waals surface area contributed by atoms with E-state index in [1.807, 2.05) is 18.2 Å². The lowest BCUT2D eigenvalue weighted by molar-refractivity contribution is -0.137. The average molecular weight is 308 g/mol. The van der Waals surface area contributed by atoms with Gasteiger partial charge in [-0.1, -0.05) is 42.5 Å². The van der Waals surface area contributed by atoms with Crippen LogP contribution >= 0.6 is 0 Å². The average Bonchev–Trinajstić information content (AvgIpc) is 3.08. The van der Waals surface area contributed by atoms with Gasteiger partial charge in [0.1, 0.15) is 6.04 Å². The number of fused-ring (bicyclic) bond motifs is 1. The monoisotopic (exact) mass is 308 g/mol. The summed E-state index contributed by atoms with van der Waals surface area (Å²) in [4.78, 5) is 29.4. The van der Waals surface area contributed by atoms with Crippen molar-refractivity contribution in [3.05, 3.63) is 48.0 Å². The zero-order valence-corrected chi connectivity index (χ0v) is 13.1. The van der Waals surface area contributed by atoms with Crippen molar-refractivity contribution in [2.45, 2.75) is 31.7 Å². The number of hydrogen-bond acceptors (Lipinski definition) is 2. The number of rotatable bonds is 4. The van der Waals surface area contributed by atoms with Gasteiger partial charge in [0.15, 0.2) is 0 Å². The second-order valence-electron chi connectivity index (χ2n) is 5.88. The molecule has 0 saturated carbocycles. The number of nitrogens with zero attached hydrogens (tertiary/aromatic N) is 2. The van der Waals surface area contributed by atoms with E-state index in [-0.39, 0.29) is 11.8 Å². The zero-order valence-electron chi connectivity index (χ0n) is 13.1. The molecule has 2 aromatic carbocycles. The van der Waals surface area contributed by atoms with Gasteiger partial charge < -0.3 is 4.90 Å². The minimum Gasteiger partial charge on any atom is -0.331 e. The first kappa shape index (κ1) is 15.4. The molecule has 1 heterocycles. The quantitative estimate of drug-likeness (QED) is 0.815. The van der Waals surface area contributed by atoms with E-state index in [1.54, 1.807) is 4.90 Å². The summed E-state index contributed by atoms with van der Waals surface area (Å²) in [7, 11) is 0. The van der Waals surface area contributed by atoms with Gasteiger partial charge >= 0.3 is 0 Å². The molecule has 0 unspecified atom stereocenters. The summed E-state index contributed by atoms with van der Waals surface area (Å²) in [6.45, 7) is 3.93. The van der Waals surface area contributed by atoms with E-state index in [0.29, 0.717) is 25.8 Å². The van der Waals surface area contributed by atoms with Crippen molar-refractivity contribution < 1.29 is 9.59 Å². The Balaban J connectivity index is 1.71. The van der Waals surface area contributed by atoms with Crippen LogP contribution in [0.2, 0.25) is 0 Å². The molecule has 1 fully saturated rings. The minimum atomic E-state index is -0.410. The molecule has 0 aliphatic carbocycles. The van der Waals surface area contributed by atoms with Gasteiger partial charge in [0, 0.05) is 13.0 Å². The molecule has 4 heteroatoms. The van der Waals surface area contributed by atoms with Crippen molar-refractivity contribution in [3.63, 3.8) is 0 Å². The first-order valence-corrected chi connectivity index (χ1v) is 7.97. The third-order valence-electron chi connectivity index (χ3n) is 4.50. The number of carbonyl (C=O) groups is 2. The molecule has 0 spiro atoms. The lowest BCUT2D eigenvalue weighted by atomic mass is 10.0. The molecule has 3 rings (SSSR count). The summed E-state index contributed by atoms with van der Waals surface area (Å²) in [5.74, 6) is -0.265. The standard InChI is InChI=1S/C19H20N2O2/c1-20-19(23)17-10-5-13-21(17)18(22)12-11-15-8-4-7-14-6-2-3-9-16(14)15/h2-4,6-9,17H,1,5,10-13H2/t17-/m0/s1. The normalized spacial score (nSPS) is 17.4. The van der Waals surface area contributed by atoms with Crippen LogP contribution in [0.4, 0.5) is 0 Å². The van der Waals surface area contributed by atoms with Crippen molar-refractivity contribution >= 4 is 29.3 Å². The Morgan fingerprint density at radius 2 is 1.96 bits per heavy atom. The summed E-state index contributed by atoms with van der Waals surface area (Å²) in [6, 6.07) is 13.9. The maximum absolute atomic E-state index is 12.5. The van der Waals surface area contributed by atoms with E-state index < -0.39 is 6.04 Å². The second kappa shape index (κ2) is 6.73. The van der Waals surface area contributed by atoms with Crippen molar-refractivity contribution in [3.8, 4) is 0 Å². The predicted molar refractivity (Wildman–Crippen MR) is 91.6 cm³/mol. The number of amides is 2. The van der Waals surface area contributed by atoms with E-state index >= 15 is 0 Å². The third kappa shape index (κ3) is 3.16. The molecule has 1 atom stereocenters. The minimum absolute atomic E-state index is 0.0254. The Morgan fingerprint density at radius 1 is 1.17 bits per heavy atom. The second-order valence-corrected chi connectivity index (χ2v) is 5.88. The van der Waals surface area contributed by atoms with E-state index in [4.69, 9.17) is 0 Å². The summed E-state index contributed by atoms with van der Waals surface area (Å²) in [5.41, 5.74) is 1.17. The Hall–Kier alpha value is -2.49. The summed E-state index contributed by atoms with van der Waals surface area (Å²) < 4.78 is 0. The van der Waals surface area contributed by atoms with Gasteiger partial charge in [0.05, 0.1) is 0 Å². The topological polar surface area (TPSA) is 49.7 Å². The molecule has 2 aromatic rings. The van der Waals surface area contributed by atoms with Gasteiger partial charge in [-0.15, -0.1) is 0 Å². The molecule has 118 valence electrons. The van der Waals surface area contributed by atoms with Crippen LogP contribution in [0.5, 0.6) is 0 Å². The van der Waals surface area contributed by atoms with Gasteiger partial charge in [0.2, 0.25) is 5.91 Å². The first-order chi connectivity index (χ1) is 11.2. The highest BCUT2D eigenvalue weighted by Gasteiger charge is 2.33. The lowest BCUT2D eigenvalue weighted by Gasteiger charge is -2.22. The fourth-order valence-corrected chi connectivity index (χ4v) is 3.32. The number of benzene rings is 2. The number of aryl methyl sites for hydroxylation is 1. The SMILES string of the molecule is C=NC(=O)[C@@H]1CCCN1C(=O)CCc1cccc2ccccc12. The van der Waals surface area contributed by atoms with Crippen LogP contribution in [0.25, 0.3) is 10.8 Å².